The van der Waals surface area contributed by atoms with Crippen LogP contribution in [0.1, 0.15) is 46.9 Å². The standard InChI is InChI=1S/C23H26ClN3O2/c1-4-5-13-27-22(24)21(16(2)26-27)23(28)25-19-11-12-20(29-3)18(15-19)14-17-9-7-6-8-10-17/h6-12,15H,4-5,13-14H2,1-3H3,(H,25,28). The smallest absolute Gasteiger partial charge is 0.260 e. The molecule has 1 N–H and O–H groups in total. The monoisotopic (exact) mass is 411 g/mol. The predicted octanol–water partition coefficient (Wildman–Crippen LogP) is 5.50. The van der Waals surface area contributed by atoms with Gasteiger partial charge in [0.1, 0.15) is 10.9 Å². The third kappa shape index (κ3) is 4.98. The molecule has 3 rings (SSSR count). The van der Waals surface area contributed by atoms with Gasteiger partial charge in [-0.2, -0.15) is 5.10 Å². The Morgan fingerprint density at radius 2 is 1.97 bits per heavy atom. The maximum Gasteiger partial charge on any atom is 0.260 e. The zero-order valence-corrected chi connectivity index (χ0v) is 17.8. The third-order valence-corrected chi connectivity index (χ3v) is 5.18. The molecule has 1 aromatic heterocycles. The van der Waals surface area contributed by atoms with Crippen molar-refractivity contribution in [2.24, 2.45) is 0 Å². The van der Waals surface area contributed by atoms with E-state index in [1.165, 1.54) is 5.56 Å². The highest BCUT2D eigenvalue weighted by Gasteiger charge is 2.20. The molecule has 0 aliphatic heterocycles. The molecule has 0 unspecified atom stereocenters. The quantitative estimate of drug-likeness (QED) is 0.532. The molecule has 0 fully saturated rings. The lowest BCUT2D eigenvalue weighted by molar-refractivity contribution is 0.102. The van der Waals surface area contributed by atoms with Crippen LogP contribution in [-0.4, -0.2) is 22.8 Å². The second kappa shape index (κ2) is 9.61. The first-order valence-electron chi connectivity index (χ1n) is 9.78. The van der Waals surface area contributed by atoms with E-state index in [9.17, 15) is 4.79 Å². The summed E-state index contributed by atoms with van der Waals surface area (Å²) < 4.78 is 7.19. The lowest BCUT2D eigenvalue weighted by Gasteiger charge is -2.12. The van der Waals surface area contributed by atoms with Crippen molar-refractivity contribution in [2.75, 3.05) is 12.4 Å². The molecule has 6 heteroatoms. The zero-order valence-electron chi connectivity index (χ0n) is 17.0. The Labute approximate surface area is 176 Å². The van der Waals surface area contributed by atoms with Crippen LogP contribution in [0.4, 0.5) is 5.69 Å². The van der Waals surface area contributed by atoms with Crippen LogP contribution in [0.5, 0.6) is 5.75 Å². The molecule has 2 aromatic carbocycles. The maximum absolute atomic E-state index is 12.9. The number of hydrogen-bond acceptors (Lipinski definition) is 3. The lowest BCUT2D eigenvalue weighted by atomic mass is 10.0. The van der Waals surface area contributed by atoms with Crippen molar-refractivity contribution in [3.05, 3.63) is 76.1 Å². The summed E-state index contributed by atoms with van der Waals surface area (Å²) in [5, 5.41) is 7.75. The Hall–Kier alpha value is -2.79. The van der Waals surface area contributed by atoms with E-state index in [4.69, 9.17) is 16.3 Å². The molecule has 0 bridgehead atoms. The van der Waals surface area contributed by atoms with Gasteiger partial charge in [0, 0.05) is 24.2 Å². The number of hydrogen-bond donors (Lipinski definition) is 1. The summed E-state index contributed by atoms with van der Waals surface area (Å²) in [6, 6.07) is 15.8. The molecular formula is C23H26ClN3O2. The van der Waals surface area contributed by atoms with E-state index in [0.717, 1.165) is 24.2 Å². The van der Waals surface area contributed by atoms with Crippen molar-refractivity contribution in [3.8, 4) is 5.75 Å². The number of amides is 1. The molecule has 3 aromatic rings. The molecule has 0 saturated heterocycles. The number of benzene rings is 2. The van der Waals surface area contributed by atoms with Gasteiger partial charge in [0.05, 0.1) is 18.4 Å². The molecule has 0 radical (unpaired) electrons. The van der Waals surface area contributed by atoms with E-state index in [2.05, 4.69) is 29.5 Å². The molecule has 0 spiro atoms. The lowest BCUT2D eigenvalue weighted by Crippen LogP contribution is -2.13. The summed E-state index contributed by atoms with van der Waals surface area (Å²) in [6.07, 6.45) is 2.71. The number of carbonyl (C=O) groups excluding carboxylic acids is 1. The van der Waals surface area contributed by atoms with Crippen LogP contribution in [0, 0.1) is 6.92 Å². The highest BCUT2D eigenvalue weighted by molar-refractivity contribution is 6.33. The molecule has 5 nitrogen and oxygen atoms in total. The van der Waals surface area contributed by atoms with E-state index in [1.807, 2.05) is 36.4 Å². The van der Waals surface area contributed by atoms with E-state index in [0.29, 0.717) is 35.1 Å². The SMILES string of the molecule is CCCCn1nc(C)c(C(=O)Nc2ccc(OC)c(Cc3ccccc3)c2)c1Cl. The summed E-state index contributed by atoms with van der Waals surface area (Å²) >= 11 is 6.43. The van der Waals surface area contributed by atoms with Crippen LogP contribution in [0.2, 0.25) is 5.15 Å². The van der Waals surface area contributed by atoms with Gasteiger partial charge in [-0.05, 0) is 37.1 Å². The minimum Gasteiger partial charge on any atom is -0.496 e. The minimum atomic E-state index is -0.258. The summed E-state index contributed by atoms with van der Waals surface area (Å²) in [5.74, 6) is 0.527. The van der Waals surface area contributed by atoms with Crippen LogP contribution >= 0.6 is 11.6 Å². The molecular weight excluding hydrogens is 386 g/mol. The third-order valence-electron chi connectivity index (χ3n) is 4.79. The Morgan fingerprint density at radius 3 is 2.66 bits per heavy atom. The van der Waals surface area contributed by atoms with E-state index >= 15 is 0 Å². The first kappa shape index (κ1) is 20.9. The van der Waals surface area contributed by atoms with Crippen molar-refractivity contribution in [2.45, 2.75) is 39.7 Å². The number of halogens is 1. The summed E-state index contributed by atoms with van der Waals surface area (Å²) in [4.78, 5) is 12.9. The second-order valence-corrected chi connectivity index (χ2v) is 7.33. The molecule has 29 heavy (non-hydrogen) atoms. The predicted molar refractivity (Wildman–Crippen MR) is 117 cm³/mol. The molecule has 1 amide bonds. The van der Waals surface area contributed by atoms with Crippen molar-refractivity contribution in [1.29, 1.82) is 0 Å². The van der Waals surface area contributed by atoms with Gasteiger partial charge in [0.25, 0.3) is 5.91 Å². The average molecular weight is 412 g/mol. The van der Waals surface area contributed by atoms with Gasteiger partial charge < -0.3 is 10.1 Å². The first-order valence-corrected chi connectivity index (χ1v) is 10.2. The van der Waals surface area contributed by atoms with Crippen LogP contribution in [0.25, 0.3) is 0 Å². The number of aryl methyl sites for hydroxylation is 2. The van der Waals surface area contributed by atoms with Crippen LogP contribution in [0.15, 0.2) is 48.5 Å². The van der Waals surface area contributed by atoms with E-state index in [-0.39, 0.29) is 5.91 Å². The van der Waals surface area contributed by atoms with Gasteiger partial charge in [0.2, 0.25) is 0 Å². The van der Waals surface area contributed by atoms with E-state index in [1.54, 1.807) is 18.7 Å². The number of unbranched alkanes of at least 4 members (excludes halogenated alkanes) is 1. The number of anilines is 1. The highest BCUT2D eigenvalue weighted by atomic mass is 35.5. The van der Waals surface area contributed by atoms with Gasteiger partial charge >= 0.3 is 0 Å². The Morgan fingerprint density at radius 1 is 1.21 bits per heavy atom. The minimum absolute atomic E-state index is 0.258. The number of nitrogens with one attached hydrogen (secondary N) is 1. The number of ether oxygens (including phenoxy) is 1. The average Bonchev–Trinajstić information content (AvgIpc) is 3.00. The van der Waals surface area contributed by atoms with Gasteiger partial charge in [-0.1, -0.05) is 55.3 Å². The molecule has 0 saturated carbocycles. The van der Waals surface area contributed by atoms with Gasteiger partial charge in [-0.3, -0.25) is 9.48 Å². The van der Waals surface area contributed by atoms with Gasteiger partial charge in [-0.25, -0.2) is 0 Å². The highest BCUT2D eigenvalue weighted by Crippen LogP contribution is 2.27. The van der Waals surface area contributed by atoms with Gasteiger partial charge in [0.15, 0.2) is 0 Å². The van der Waals surface area contributed by atoms with Crippen LogP contribution < -0.4 is 10.1 Å². The van der Waals surface area contributed by atoms with E-state index < -0.39 is 0 Å². The maximum atomic E-state index is 12.9. The van der Waals surface area contributed by atoms with Crippen molar-refractivity contribution in [3.63, 3.8) is 0 Å². The fourth-order valence-corrected chi connectivity index (χ4v) is 3.62. The topological polar surface area (TPSA) is 56.2 Å². The molecule has 152 valence electrons. The number of aromatic nitrogens is 2. The molecule has 0 atom stereocenters. The van der Waals surface area contributed by atoms with Crippen molar-refractivity contribution in [1.82, 2.24) is 9.78 Å². The molecule has 0 aliphatic rings. The number of methoxy groups -OCH3 is 1. The number of rotatable bonds is 8. The fraction of sp³-hybridized carbons (Fsp3) is 0.304. The van der Waals surface area contributed by atoms with Crippen molar-refractivity contribution >= 4 is 23.2 Å². The molecule has 0 aliphatic carbocycles. The summed E-state index contributed by atoms with van der Waals surface area (Å²) in [5.41, 5.74) is 3.91. The van der Waals surface area contributed by atoms with Gasteiger partial charge in [-0.15, -0.1) is 0 Å². The second-order valence-electron chi connectivity index (χ2n) is 6.97. The summed E-state index contributed by atoms with van der Waals surface area (Å²) in [6.45, 7) is 4.61. The Kier molecular flexibility index (Phi) is 6.94. The number of carbonyl (C=O) groups is 1. The normalized spacial score (nSPS) is 10.8. The fourth-order valence-electron chi connectivity index (χ4n) is 3.27. The largest absolute Gasteiger partial charge is 0.496 e. The number of nitrogens with zero attached hydrogens (tertiary/aromatic N) is 2. The molecule has 1 heterocycles. The first-order chi connectivity index (χ1) is 14.0. The van der Waals surface area contributed by atoms with Crippen molar-refractivity contribution < 1.29 is 9.53 Å². The zero-order chi connectivity index (χ0) is 20.8. The Bertz CT molecular complexity index is 983. The van der Waals surface area contributed by atoms with Crippen LogP contribution in [-0.2, 0) is 13.0 Å². The van der Waals surface area contributed by atoms with Crippen LogP contribution in [0.3, 0.4) is 0 Å². The summed E-state index contributed by atoms with van der Waals surface area (Å²) in [7, 11) is 1.65. The Balaban J connectivity index is 1.82.